The maximum absolute atomic E-state index is 5.85. The molecular weight excluding hydrogens is 244 g/mol. The van der Waals surface area contributed by atoms with Gasteiger partial charge in [0.1, 0.15) is 0 Å². The lowest BCUT2D eigenvalue weighted by atomic mass is 10.1. The lowest BCUT2D eigenvalue weighted by Crippen LogP contribution is -2.00. The van der Waals surface area contributed by atoms with E-state index in [4.69, 9.17) is 11.6 Å². The summed E-state index contributed by atoms with van der Waals surface area (Å²) < 4.78 is 0. The van der Waals surface area contributed by atoms with E-state index in [1.54, 1.807) is 0 Å². The topological polar surface area (TPSA) is 24.4 Å². The molecule has 3 heteroatoms. The van der Waals surface area contributed by atoms with E-state index in [9.17, 15) is 0 Å². The number of benzene rings is 2. The summed E-state index contributed by atoms with van der Waals surface area (Å²) in [6, 6.07) is 15.7. The SMILES string of the molecule is C/C(=N/Nc1ccccc1C)c1ccc(Cl)cc1. The molecule has 0 atom stereocenters. The van der Waals surface area contributed by atoms with E-state index >= 15 is 0 Å². The van der Waals surface area contributed by atoms with Crippen LogP contribution in [0.2, 0.25) is 5.02 Å². The van der Waals surface area contributed by atoms with Crippen LogP contribution in [0.3, 0.4) is 0 Å². The van der Waals surface area contributed by atoms with Gasteiger partial charge in [0.25, 0.3) is 0 Å². The van der Waals surface area contributed by atoms with E-state index in [1.165, 1.54) is 5.56 Å². The normalized spacial score (nSPS) is 11.4. The Morgan fingerprint density at radius 3 is 2.39 bits per heavy atom. The fraction of sp³-hybridized carbons (Fsp3) is 0.133. The van der Waals surface area contributed by atoms with Crippen molar-refractivity contribution >= 4 is 23.0 Å². The Balaban J connectivity index is 2.14. The summed E-state index contributed by atoms with van der Waals surface area (Å²) in [6.45, 7) is 4.02. The van der Waals surface area contributed by atoms with Gasteiger partial charge in [-0.3, -0.25) is 5.43 Å². The summed E-state index contributed by atoms with van der Waals surface area (Å²) >= 11 is 5.85. The molecule has 0 heterocycles. The average molecular weight is 259 g/mol. The van der Waals surface area contributed by atoms with Crippen LogP contribution in [0.4, 0.5) is 5.69 Å². The van der Waals surface area contributed by atoms with Gasteiger partial charge in [0.2, 0.25) is 0 Å². The molecule has 18 heavy (non-hydrogen) atoms. The zero-order valence-corrected chi connectivity index (χ0v) is 11.2. The molecule has 0 aliphatic carbocycles. The maximum atomic E-state index is 5.85. The number of rotatable bonds is 3. The Hall–Kier alpha value is -1.80. The predicted molar refractivity (Wildman–Crippen MR) is 78.5 cm³/mol. The summed E-state index contributed by atoms with van der Waals surface area (Å²) in [4.78, 5) is 0. The second kappa shape index (κ2) is 5.69. The molecule has 0 bridgehead atoms. The van der Waals surface area contributed by atoms with Crippen LogP contribution in [0, 0.1) is 6.92 Å². The van der Waals surface area contributed by atoms with Crippen molar-refractivity contribution in [1.82, 2.24) is 0 Å². The third-order valence-corrected chi connectivity index (χ3v) is 3.00. The Morgan fingerprint density at radius 2 is 1.72 bits per heavy atom. The van der Waals surface area contributed by atoms with E-state index in [2.05, 4.69) is 23.5 Å². The highest BCUT2D eigenvalue weighted by molar-refractivity contribution is 6.30. The first kappa shape index (κ1) is 12.7. The number of hydrogen-bond acceptors (Lipinski definition) is 2. The van der Waals surface area contributed by atoms with Gasteiger partial charge < -0.3 is 0 Å². The molecular formula is C15H15ClN2. The third kappa shape index (κ3) is 3.11. The lowest BCUT2D eigenvalue weighted by molar-refractivity contribution is 1.29. The summed E-state index contributed by atoms with van der Waals surface area (Å²) in [5.41, 5.74) is 7.25. The Kier molecular flexibility index (Phi) is 4.00. The second-order valence-electron chi connectivity index (χ2n) is 4.13. The van der Waals surface area contributed by atoms with Crippen LogP contribution in [-0.4, -0.2) is 5.71 Å². The molecule has 0 aromatic heterocycles. The molecule has 0 fully saturated rings. The van der Waals surface area contributed by atoms with Crippen LogP contribution in [0.5, 0.6) is 0 Å². The van der Waals surface area contributed by atoms with Crippen LogP contribution in [0.25, 0.3) is 0 Å². The molecule has 2 aromatic rings. The van der Waals surface area contributed by atoms with Crippen molar-refractivity contribution in [2.45, 2.75) is 13.8 Å². The molecule has 0 unspecified atom stereocenters. The molecule has 2 rings (SSSR count). The van der Waals surface area contributed by atoms with Gasteiger partial charge in [0.05, 0.1) is 11.4 Å². The van der Waals surface area contributed by atoms with Crippen molar-refractivity contribution in [3.05, 3.63) is 64.7 Å². The fourth-order valence-corrected chi connectivity index (χ4v) is 1.72. The van der Waals surface area contributed by atoms with Gasteiger partial charge in [-0.1, -0.05) is 41.9 Å². The number of hydrogen-bond donors (Lipinski definition) is 1. The molecule has 92 valence electrons. The first-order valence-corrected chi connectivity index (χ1v) is 6.16. The van der Waals surface area contributed by atoms with Crippen molar-refractivity contribution in [2.24, 2.45) is 5.10 Å². The van der Waals surface area contributed by atoms with Crippen molar-refractivity contribution in [3.63, 3.8) is 0 Å². The van der Waals surface area contributed by atoms with Gasteiger partial charge in [-0.25, -0.2) is 0 Å². The quantitative estimate of drug-likeness (QED) is 0.637. The minimum absolute atomic E-state index is 0.735. The monoisotopic (exact) mass is 258 g/mol. The van der Waals surface area contributed by atoms with Crippen LogP contribution in [-0.2, 0) is 0 Å². The molecule has 0 amide bonds. The minimum Gasteiger partial charge on any atom is -0.278 e. The molecule has 0 aliphatic heterocycles. The molecule has 0 saturated heterocycles. The van der Waals surface area contributed by atoms with Gasteiger partial charge in [-0.15, -0.1) is 0 Å². The molecule has 2 nitrogen and oxygen atoms in total. The first-order valence-electron chi connectivity index (χ1n) is 5.78. The van der Waals surface area contributed by atoms with Gasteiger partial charge in [-0.2, -0.15) is 5.10 Å². The molecule has 0 radical (unpaired) electrons. The smallest absolute Gasteiger partial charge is 0.0648 e. The summed E-state index contributed by atoms with van der Waals surface area (Å²) in [5, 5.41) is 5.11. The maximum Gasteiger partial charge on any atom is 0.0648 e. The molecule has 1 N–H and O–H groups in total. The number of nitrogens with one attached hydrogen (secondary N) is 1. The number of nitrogens with zero attached hydrogens (tertiary/aromatic N) is 1. The highest BCUT2D eigenvalue weighted by Gasteiger charge is 1.98. The standard InChI is InChI=1S/C15H15ClN2/c1-11-5-3-4-6-15(11)18-17-12(2)13-7-9-14(16)10-8-13/h3-10,18H,1-2H3/b17-12-. The van der Waals surface area contributed by atoms with Crippen LogP contribution >= 0.6 is 11.6 Å². The predicted octanol–water partition coefficient (Wildman–Crippen LogP) is 4.48. The minimum atomic E-state index is 0.735. The van der Waals surface area contributed by atoms with E-state index < -0.39 is 0 Å². The average Bonchev–Trinajstić information content (AvgIpc) is 2.38. The number of anilines is 1. The second-order valence-corrected chi connectivity index (χ2v) is 4.57. The summed E-state index contributed by atoms with van der Waals surface area (Å²) in [5.74, 6) is 0. The largest absolute Gasteiger partial charge is 0.278 e. The van der Waals surface area contributed by atoms with Gasteiger partial charge >= 0.3 is 0 Å². The van der Waals surface area contributed by atoms with Crippen molar-refractivity contribution in [3.8, 4) is 0 Å². The third-order valence-electron chi connectivity index (χ3n) is 2.75. The highest BCUT2D eigenvalue weighted by Crippen LogP contribution is 2.14. The van der Waals surface area contributed by atoms with Gasteiger partial charge in [0, 0.05) is 5.02 Å². The number of halogens is 1. The van der Waals surface area contributed by atoms with Crippen molar-refractivity contribution < 1.29 is 0 Å². The fourth-order valence-electron chi connectivity index (χ4n) is 1.60. The Morgan fingerprint density at radius 1 is 1.06 bits per heavy atom. The van der Waals surface area contributed by atoms with Gasteiger partial charge in [-0.05, 0) is 43.2 Å². The Bertz CT molecular complexity index is 559. The molecule has 0 aliphatic rings. The van der Waals surface area contributed by atoms with E-state index in [1.807, 2.05) is 49.4 Å². The van der Waals surface area contributed by atoms with Crippen LogP contribution in [0.1, 0.15) is 18.1 Å². The number of hydrazone groups is 1. The highest BCUT2D eigenvalue weighted by atomic mass is 35.5. The van der Waals surface area contributed by atoms with Crippen LogP contribution < -0.4 is 5.43 Å². The zero-order chi connectivity index (χ0) is 13.0. The van der Waals surface area contributed by atoms with Crippen LogP contribution in [0.15, 0.2) is 53.6 Å². The van der Waals surface area contributed by atoms with E-state index in [-0.39, 0.29) is 0 Å². The van der Waals surface area contributed by atoms with Gasteiger partial charge in [0.15, 0.2) is 0 Å². The lowest BCUT2D eigenvalue weighted by Gasteiger charge is -2.06. The van der Waals surface area contributed by atoms with E-state index in [0.29, 0.717) is 0 Å². The van der Waals surface area contributed by atoms with Crippen molar-refractivity contribution in [2.75, 3.05) is 5.43 Å². The number of para-hydroxylation sites is 1. The summed E-state index contributed by atoms with van der Waals surface area (Å²) in [7, 11) is 0. The zero-order valence-electron chi connectivity index (χ0n) is 10.4. The Labute approximate surface area is 112 Å². The summed E-state index contributed by atoms with van der Waals surface area (Å²) in [6.07, 6.45) is 0. The molecule has 2 aromatic carbocycles. The first-order chi connectivity index (χ1) is 8.66. The number of aryl methyl sites for hydroxylation is 1. The molecule has 0 saturated carbocycles. The van der Waals surface area contributed by atoms with Crippen molar-refractivity contribution in [1.29, 1.82) is 0 Å². The van der Waals surface area contributed by atoms with E-state index in [0.717, 1.165) is 22.0 Å². The molecule has 0 spiro atoms.